The van der Waals surface area contributed by atoms with Crippen molar-refractivity contribution in [2.24, 2.45) is 0 Å². The normalized spacial score (nSPS) is 21.9. The number of hydrogen-bond donors (Lipinski definition) is 1. The van der Waals surface area contributed by atoms with Gasteiger partial charge in [0.1, 0.15) is 11.9 Å². The smallest absolute Gasteiger partial charge is 0.322 e. The molecule has 20 heavy (non-hydrogen) atoms. The van der Waals surface area contributed by atoms with Crippen LogP contribution in [0.1, 0.15) is 24.9 Å². The van der Waals surface area contributed by atoms with Crippen LogP contribution >= 0.6 is 0 Å². The van der Waals surface area contributed by atoms with E-state index in [0.29, 0.717) is 12.0 Å². The molecular formula is C13H16FNO4S. The molecule has 1 aromatic rings. The minimum Gasteiger partial charge on any atom is -0.468 e. The van der Waals surface area contributed by atoms with Crippen molar-refractivity contribution in [3.05, 3.63) is 29.6 Å². The Labute approximate surface area is 117 Å². The highest BCUT2D eigenvalue weighted by molar-refractivity contribution is 7.91. The molecule has 0 bridgehead atoms. The van der Waals surface area contributed by atoms with Crippen molar-refractivity contribution in [2.75, 3.05) is 12.9 Å². The molecule has 110 valence electrons. The van der Waals surface area contributed by atoms with Crippen LogP contribution in [0, 0.1) is 5.82 Å². The molecule has 7 heteroatoms. The van der Waals surface area contributed by atoms with Crippen LogP contribution in [-0.4, -0.2) is 33.3 Å². The molecule has 1 N–H and O–H groups in total. The molecule has 1 aromatic carbocycles. The summed E-state index contributed by atoms with van der Waals surface area (Å²) in [5, 5.41) is 2.99. The van der Waals surface area contributed by atoms with E-state index < -0.39 is 33.7 Å². The molecule has 2 rings (SSSR count). The largest absolute Gasteiger partial charge is 0.468 e. The Morgan fingerprint density at radius 3 is 2.85 bits per heavy atom. The van der Waals surface area contributed by atoms with Gasteiger partial charge in [0, 0.05) is 6.04 Å². The summed E-state index contributed by atoms with van der Waals surface area (Å²) in [5.74, 6) is -0.980. The molecule has 0 saturated carbocycles. The van der Waals surface area contributed by atoms with Crippen molar-refractivity contribution in [1.82, 2.24) is 5.32 Å². The van der Waals surface area contributed by atoms with Gasteiger partial charge in [-0.05, 0) is 37.1 Å². The molecular weight excluding hydrogens is 285 g/mol. The fourth-order valence-corrected chi connectivity index (χ4v) is 3.93. The summed E-state index contributed by atoms with van der Waals surface area (Å²) < 4.78 is 41.9. The van der Waals surface area contributed by atoms with E-state index in [4.69, 9.17) is 0 Å². The summed E-state index contributed by atoms with van der Waals surface area (Å²) in [6.07, 6.45) is 0.292. The minimum absolute atomic E-state index is 0.0306. The van der Waals surface area contributed by atoms with E-state index in [1.165, 1.54) is 19.2 Å². The van der Waals surface area contributed by atoms with Gasteiger partial charge in [-0.3, -0.25) is 10.1 Å². The number of halogens is 1. The first kappa shape index (κ1) is 14.9. The van der Waals surface area contributed by atoms with Crippen molar-refractivity contribution in [3.8, 4) is 0 Å². The number of esters is 1. The summed E-state index contributed by atoms with van der Waals surface area (Å²) in [5.41, 5.74) is 0.368. The average molecular weight is 301 g/mol. The highest BCUT2D eigenvalue weighted by atomic mass is 32.2. The zero-order chi connectivity index (χ0) is 14.9. The van der Waals surface area contributed by atoms with Gasteiger partial charge in [-0.25, -0.2) is 12.8 Å². The van der Waals surface area contributed by atoms with E-state index in [9.17, 15) is 17.6 Å². The van der Waals surface area contributed by atoms with E-state index in [0.717, 1.165) is 6.07 Å². The summed E-state index contributed by atoms with van der Waals surface area (Å²) in [7, 11) is -2.10. The number of ether oxygens (including phenoxy) is 1. The Morgan fingerprint density at radius 1 is 1.50 bits per heavy atom. The van der Waals surface area contributed by atoms with Crippen molar-refractivity contribution in [2.45, 2.75) is 30.3 Å². The number of carbonyl (C=O) groups excluding carboxylic acids is 1. The lowest BCUT2D eigenvalue weighted by molar-refractivity contribution is -0.142. The standard InChI is InChI=1S/C13H16FNO4S/c1-8(13(16)19-2)15-11-5-6-20(17,18)12-4-3-9(14)7-10(11)12/h3-4,7-8,11,15H,5-6H2,1-2H3. The van der Waals surface area contributed by atoms with Crippen LogP contribution in [0.3, 0.4) is 0 Å². The van der Waals surface area contributed by atoms with Crippen molar-refractivity contribution in [1.29, 1.82) is 0 Å². The Kier molecular flexibility index (Phi) is 4.10. The molecule has 2 atom stereocenters. The molecule has 1 heterocycles. The molecule has 0 radical (unpaired) electrons. The second-order valence-electron chi connectivity index (χ2n) is 4.75. The topological polar surface area (TPSA) is 72.5 Å². The predicted octanol–water partition coefficient (Wildman–Crippen LogP) is 1.20. The lowest BCUT2D eigenvalue weighted by Gasteiger charge is -2.28. The summed E-state index contributed by atoms with van der Waals surface area (Å²) in [6, 6.07) is 2.62. The fraction of sp³-hybridized carbons (Fsp3) is 0.462. The number of benzene rings is 1. The predicted molar refractivity (Wildman–Crippen MR) is 70.4 cm³/mol. The second-order valence-corrected chi connectivity index (χ2v) is 6.83. The van der Waals surface area contributed by atoms with Crippen LogP contribution in [0.15, 0.2) is 23.1 Å². The quantitative estimate of drug-likeness (QED) is 0.671. The number of fused-ring (bicyclic) bond motifs is 1. The van der Waals surface area contributed by atoms with E-state index in [1.54, 1.807) is 6.92 Å². The second kappa shape index (κ2) is 5.49. The zero-order valence-corrected chi connectivity index (χ0v) is 12.0. The number of rotatable bonds is 3. The number of carbonyl (C=O) groups is 1. The molecule has 1 aliphatic rings. The van der Waals surface area contributed by atoms with Gasteiger partial charge in [-0.2, -0.15) is 0 Å². The van der Waals surface area contributed by atoms with E-state index in [2.05, 4.69) is 10.1 Å². The maximum atomic E-state index is 13.4. The monoisotopic (exact) mass is 301 g/mol. The van der Waals surface area contributed by atoms with Crippen molar-refractivity contribution < 1.29 is 22.3 Å². The van der Waals surface area contributed by atoms with Crippen LogP contribution in [0.25, 0.3) is 0 Å². The fourth-order valence-electron chi connectivity index (χ4n) is 2.33. The first-order valence-corrected chi connectivity index (χ1v) is 7.86. The van der Waals surface area contributed by atoms with Crippen molar-refractivity contribution in [3.63, 3.8) is 0 Å². The van der Waals surface area contributed by atoms with Crippen LogP contribution in [-0.2, 0) is 19.4 Å². The third-order valence-electron chi connectivity index (χ3n) is 3.36. The van der Waals surface area contributed by atoms with Crippen LogP contribution in [0.2, 0.25) is 0 Å². The maximum absolute atomic E-state index is 13.4. The summed E-state index contributed by atoms with van der Waals surface area (Å²) in [6.45, 7) is 1.62. The van der Waals surface area contributed by atoms with E-state index in [1.807, 2.05) is 0 Å². The van der Waals surface area contributed by atoms with Gasteiger partial charge >= 0.3 is 5.97 Å². The van der Waals surface area contributed by atoms with Gasteiger partial charge in [0.25, 0.3) is 0 Å². The molecule has 0 amide bonds. The lowest BCUT2D eigenvalue weighted by Crippen LogP contribution is -2.40. The molecule has 0 aromatic heterocycles. The van der Waals surface area contributed by atoms with Gasteiger partial charge in [-0.15, -0.1) is 0 Å². The Hall–Kier alpha value is -1.47. The number of nitrogens with one attached hydrogen (secondary N) is 1. The molecule has 0 spiro atoms. The number of hydrogen-bond acceptors (Lipinski definition) is 5. The SMILES string of the molecule is COC(=O)C(C)NC1CCS(=O)(=O)c2ccc(F)cc21. The first-order valence-electron chi connectivity index (χ1n) is 6.21. The van der Waals surface area contributed by atoms with Crippen LogP contribution in [0.4, 0.5) is 4.39 Å². The highest BCUT2D eigenvalue weighted by Gasteiger charge is 2.32. The van der Waals surface area contributed by atoms with Crippen LogP contribution in [0.5, 0.6) is 0 Å². The van der Waals surface area contributed by atoms with Crippen LogP contribution < -0.4 is 5.32 Å². The van der Waals surface area contributed by atoms with Gasteiger partial charge in [0.2, 0.25) is 0 Å². The number of methoxy groups -OCH3 is 1. The molecule has 0 aliphatic carbocycles. The third kappa shape index (κ3) is 2.83. The Bertz CT molecular complexity index is 629. The lowest BCUT2D eigenvalue weighted by atomic mass is 10.0. The summed E-state index contributed by atoms with van der Waals surface area (Å²) >= 11 is 0. The van der Waals surface area contributed by atoms with Crippen molar-refractivity contribution >= 4 is 15.8 Å². The Balaban J connectivity index is 2.35. The molecule has 5 nitrogen and oxygen atoms in total. The average Bonchev–Trinajstić information content (AvgIpc) is 2.40. The summed E-state index contributed by atoms with van der Waals surface area (Å²) in [4.78, 5) is 11.5. The molecule has 0 fully saturated rings. The van der Waals surface area contributed by atoms with Gasteiger partial charge < -0.3 is 4.74 Å². The zero-order valence-electron chi connectivity index (χ0n) is 11.2. The van der Waals surface area contributed by atoms with Gasteiger partial charge in [0.15, 0.2) is 9.84 Å². The van der Waals surface area contributed by atoms with Gasteiger partial charge in [-0.1, -0.05) is 0 Å². The molecule has 1 aliphatic heterocycles. The van der Waals surface area contributed by atoms with E-state index in [-0.39, 0.29) is 10.6 Å². The maximum Gasteiger partial charge on any atom is 0.322 e. The minimum atomic E-state index is -3.38. The van der Waals surface area contributed by atoms with Gasteiger partial charge in [0.05, 0.1) is 17.8 Å². The molecule has 2 unspecified atom stereocenters. The first-order chi connectivity index (χ1) is 9.35. The molecule has 0 saturated heterocycles. The number of sulfone groups is 1. The Morgan fingerprint density at radius 2 is 2.20 bits per heavy atom. The van der Waals surface area contributed by atoms with E-state index >= 15 is 0 Å². The highest BCUT2D eigenvalue weighted by Crippen LogP contribution is 2.32. The third-order valence-corrected chi connectivity index (χ3v) is 5.18.